The highest BCUT2D eigenvalue weighted by atomic mass is 15.2. The number of nitriles is 1. The van der Waals surface area contributed by atoms with Gasteiger partial charge in [0, 0.05) is 18.7 Å². The number of aromatic nitrogens is 1. The molecule has 1 aliphatic heterocycles. The third-order valence-corrected chi connectivity index (χ3v) is 4.54. The summed E-state index contributed by atoms with van der Waals surface area (Å²) in [5, 5.41) is 9.78. The quantitative estimate of drug-likeness (QED) is 0.853. The highest BCUT2D eigenvalue weighted by Crippen LogP contribution is 2.35. The van der Waals surface area contributed by atoms with Crippen LogP contribution in [0, 0.1) is 11.3 Å². The normalized spacial score (nSPS) is 12.8. The molecule has 118 valence electrons. The molecule has 4 nitrogen and oxygen atoms in total. The summed E-state index contributed by atoms with van der Waals surface area (Å²) in [7, 11) is 0. The molecule has 2 heterocycles. The van der Waals surface area contributed by atoms with Gasteiger partial charge in [-0.05, 0) is 25.8 Å². The third kappa shape index (κ3) is 2.87. The third-order valence-electron chi connectivity index (χ3n) is 4.54. The zero-order valence-corrected chi connectivity index (χ0v) is 13.8. The van der Waals surface area contributed by atoms with Crippen molar-refractivity contribution >= 4 is 11.5 Å². The standard InChI is InChI=1S/C19H22N4/c1-3-22(4-2)19-17(12-20)18-16(13-21-19)10-11-23(18)14-15-8-6-5-7-9-15/h5-9,13H,3-4,10-11,14H2,1-2H3/p+1. The fraction of sp³-hybridized carbons (Fsp3) is 0.368. The van der Waals surface area contributed by atoms with E-state index in [9.17, 15) is 5.26 Å². The lowest BCUT2D eigenvalue weighted by Gasteiger charge is -2.22. The largest absolute Gasteiger partial charge is 0.365 e. The summed E-state index contributed by atoms with van der Waals surface area (Å²) >= 11 is 0. The van der Waals surface area contributed by atoms with Crippen LogP contribution in [0.1, 0.15) is 30.5 Å². The van der Waals surface area contributed by atoms with Crippen LogP contribution >= 0.6 is 0 Å². The van der Waals surface area contributed by atoms with Gasteiger partial charge in [0.1, 0.15) is 6.07 Å². The summed E-state index contributed by atoms with van der Waals surface area (Å²) in [6.45, 7) is 7.83. The minimum absolute atomic E-state index is 0.777. The molecular weight excluding hydrogens is 284 g/mol. The maximum Gasteiger partial charge on any atom is 0.294 e. The Morgan fingerprint density at radius 3 is 2.61 bits per heavy atom. The van der Waals surface area contributed by atoms with E-state index in [1.165, 1.54) is 11.1 Å². The number of fused-ring (bicyclic) bond motifs is 1. The van der Waals surface area contributed by atoms with E-state index in [-0.39, 0.29) is 0 Å². The Bertz CT molecular complexity index is 714. The number of anilines is 2. The fourth-order valence-corrected chi connectivity index (χ4v) is 3.34. The van der Waals surface area contributed by atoms with Gasteiger partial charge in [0.2, 0.25) is 0 Å². The van der Waals surface area contributed by atoms with E-state index in [2.05, 4.69) is 65.2 Å². The van der Waals surface area contributed by atoms with Gasteiger partial charge < -0.3 is 4.90 Å². The Labute approximate surface area is 138 Å². The summed E-state index contributed by atoms with van der Waals surface area (Å²) in [5.41, 5.74) is 4.41. The van der Waals surface area contributed by atoms with Gasteiger partial charge in [0.05, 0.1) is 25.0 Å². The number of hydrogen-bond donors (Lipinski definition) is 0. The number of H-pyrrole nitrogens is 1. The monoisotopic (exact) mass is 307 g/mol. The highest BCUT2D eigenvalue weighted by Gasteiger charge is 2.30. The summed E-state index contributed by atoms with van der Waals surface area (Å²) < 4.78 is 0. The van der Waals surface area contributed by atoms with E-state index >= 15 is 0 Å². The maximum atomic E-state index is 9.78. The Balaban J connectivity index is 2.00. The zero-order valence-electron chi connectivity index (χ0n) is 13.8. The topological polar surface area (TPSA) is 44.4 Å². The maximum absolute atomic E-state index is 9.78. The molecule has 3 rings (SSSR count). The molecule has 0 saturated heterocycles. The van der Waals surface area contributed by atoms with Crippen molar-refractivity contribution in [3.05, 3.63) is 53.2 Å². The predicted octanol–water partition coefficient (Wildman–Crippen LogP) is 2.78. The van der Waals surface area contributed by atoms with Gasteiger partial charge in [-0.25, -0.2) is 4.98 Å². The van der Waals surface area contributed by atoms with Crippen LogP contribution in [0.15, 0.2) is 36.5 Å². The number of rotatable bonds is 5. The van der Waals surface area contributed by atoms with Gasteiger partial charge >= 0.3 is 0 Å². The number of nitrogens with zero attached hydrogens (tertiary/aromatic N) is 3. The summed E-state index contributed by atoms with van der Waals surface area (Å²) in [6, 6.07) is 12.9. The second-order valence-electron chi connectivity index (χ2n) is 5.83. The van der Waals surface area contributed by atoms with Gasteiger partial charge in [0.25, 0.3) is 5.82 Å². The van der Waals surface area contributed by atoms with Crippen molar-refractivity contribution in [3.8, 4) is 6.07 Å². The van der Waals surface area contributed by atoms with E-state index in [0.29, 0.717) is 0 Å². The SMILES string of the molecule is CCN(CC)c1[nH+]cc2c(c1C#N)N(Cc1ccccc1)CC2. The number of aromatic amines is 1. The van der Waals surface area contributed by atoms with Crippen molar-refractivity contribution in [2.75, 3.05) is 29.4 Å². The van der Waals surface area contributed by atoms with E-state index in [1.807, 2.05) is 6.07 Å². The lowest BCUT2D eigenvalue weighted by atomic mass is 10.1. The Hall–Kier alpha value is -2.54. The molecular formula is C19H23N4+. The Morgan fingerprint density at radius 1 is 1.22 bits per heavy atom. The van der Waals surface area contributed by atoms with Crippen molar-refractivity contribution in [1.82, 2.24) is 0 Å². The van der Waals surface area contributed by atoms with Gasteiger partial charge in [-0.1, -0.05) is 30.3 Å². The van der Waals surface area contributed by atoms with E-state index in [0.717, 1.165) is 49.7 Å². The summed E-state index contributed by atoms with van der Waals surface area (Å²) in [6.07, 6.45) is 3.07. The number of benzene rings is 1. The van der Waals surface area contributed by atoms with Crippen molar-refractivity contribution in [2.45, 2.75) is 26.8 Å². The molecule has 1 aromatic heterocycles. The van der Waals surface area contributed by atoms with Crippen LogP contribution in [0.5, 0.6) is 0 Å². The molecule has 23 heavy (non-hydrogen) atoms. The fourth-order valence-electron chi connectivity index (χ4n) is 3.34. The van der Waals surface area contributed by atoms with Gasteiger partial charge in [0.15, 0.2) is 5.56 Å². The second-order valence-corrected chi connectivity index (χ2v) is 5.83. The Morgan fingerprint density at radius 2 is 1.96 bits per heavy atom. The molecule has 0 saturated carbocycles. The first-order valence-electron chi connectivity index (χ1n) is 8.30. The minimum atomic E-state index is 0.777. The summed E-state index contributed by atoms with van der Waals surface area (Å²) in [4.78, 5) is 7.89. The van der Waals surface area contributed by atoms with E-state index in [4.69, 9.17) is 0 Å². The van der Waals surface area contributed by atoms with Gasteiger partial charge in [-0.15, -0.1) is 0 Å². The van der Waals surface area contributed by atoms with Gasteiger partial charge in [-0.3, -0.25) is 4.90 Å². The van der Waals surface area contributed by atoms with Crippen LogP contribution in [-0.4, -0.2) is 19.6 Å². The first-order chi connectivity index (χ1) is 11.3. The lowest BCUT2D eigenvalue weighted by molar-refractivity contribution is -0.364. The molecule has 0 unspecified atom stereocenters. The number of nitrogens with one attached hydrogen (secondary N) is 1. The molecule has 2 aromatic rings. The zero-order chi connectivity index (χ0) is 16.2. The first kappa shape index (κ1) is 15.4. The van der Waals surface area contributed by atoms with Crippen molar-refractivity contribution in [3.63, 3.8) is 0 Å². The van der Waals surface area contributed by atoms with Crippen molar-refractivity contribution < 1.29 is 4.98 Å². The van der Waals surface area contributed by atoms with Crippen LogP contribution in [0.2, 0.25) is 0 Å². The lowest BCUT2D eigenvalue weighted by Crippen LogP contribution is -2.31. The van der Waals surface area contributed by atoms with Crippen LogP contribution < -0.4 is 14.8 Å². The molecule has 0 bridgehead atoms. The summed E-state index contributed by atoms with van der Waals surface area (Å²) in [5.74, 6) is 0.941. The molecule has 0 amide bonds. The van der Waals surface area contributed by atoms with Crippen LogP contribution in [-0.2, 0) is 13.0 Å². The molecule has 0 aliphatic carbocycles. The molecule has 1 aromatic carbocycles. The Kier molecular flexibility index (Phi) is 4.47. The van der Waals surface area contributed by atoms with Crippen LogP contribution in [0.25, 0.3) is 0 Å². The predicted molar refractivity (Wildman–Crippen MR) is 92.5 cm³/mol. The molecule has 1 aliphatic rings. The molecule has 0 radical (unpaired) electrons. The average Bonchev–Trinajstić information content (AvgIpc) is 3.00. The average molecular weight is 307 g/mol. The molecule has 4 heteroatoms. The molecule has 0 fully saturated rings. The van der Waals surface area contributed by atoms with E-state index < -0.39 is 0 Å². The molecule has 0 spiro atoms. The second kappa shape index (κ2) is 6.70. The first-order valence-corrected chi connectivity index (χ1v) is 8.30. The number of hydrogen-bond acceptors (Lipinski definition) is 3. The van der Waals surface area contributed by atoms with Crippen molar-refractivity contribution in [1.29, 1.82) is 5.26 Å². The minimum Gasteiger partial charge on any atom is -0.365 e. The van der Waals surface area contributed by atoms with Gasteiger partial charge in [-0.2, -0.15) is 5.26 Å². The van der Waals surface area contributed by atoms with Crippen LogP contribution in [0.4, 0.5) is 11.5 Å². The van der Waals surface area contributed by atoms with Crippen molar-refractivity contribution in [2.24, 2.45) is 0 Å². The van der Waals surface area contributed by atoms with E-state index in [1.54, 1.807) is 0 Å². The number of pyridine rings is 1. The smallest absolute Gasteiger partial charge is 0.294 e. The molecule has 0 atom stereocenters. The highest BCUT2D eigenvalue weighted by molar-refractivity contribution is 5.72. The van der Waals surface area contributed by atoms with Crippen LogP contribution in [0.3, 0.4) is 0 Å². The molecule has 1 N–H and O–H groups in total.